The van der Waals surface area contributed by atoms with Crippen LogP contribution in [0.4, 0.5) is 0 Å². The Morgan fingerprint density at radius 2 is 2.27 bits per heavy atom. The highest BCUT2D eigenvalue weighted by Gasteiger charge is 2.38. The summed E-state index contributed by atoms with van der Waals surface area (Å²) in [7, 11) is 1.81. The minimum atomic E-state index is 0.193. The van der Waals surface area contributed by atoms with Crippen molar-refractivity contribution in [3.63, 3.8) is 0 Å². The zero-order chi connectivity index (χ0) is 10.4. The van der Waals surface area contributed by atoms with E-state index >= 15 is 0 Å². The molecule has 15 heavy (non-hydrogen) atoms. The van der Waals surface area contributed by atoms with Gasteiger partial charge in [-0.1, -0.05) is 29.0 Å². The molecule has 3 rings (SSSR count). The number of hydrogen-bond donors (Lipinski definition) is 0. The predicted molar refractivity (Wildman–Crippen MR) is 55.9 cm³/mol. The minimum absolute atomic E-state index is 0.193. The first-order chi connectivity index (χ1) is 7.24. The SMILES string of the molecule is Cc1ccc2c(c1)[C@@H]1ON(C)OC[C@@H]1C2. The van der Waals surface area contributed by atoms with E-state index in [9.17, 15) is 0 Å². The van der Waals surface area contributed by atoms with Gasteiger partial charge in [0.2, 0.25) is 0 Å². The van der Waals surface area contributed by atoms with Gasteiger partial charge in [0.05, 0.1) is 6.61 Å². The molecule has 1 heterocycles. The maximum Gasteiger partial charge on any atom is 0.113 e. The van der Waals surface area contributed by atoms with Crippen LogP contribution in [-0.4, -0.2) is 18.9 Å². The number of hydroxylamine groups is 2. The summed E-state index contributed by atoms with van der Waals surface area (Å²) in [5, 5.41) is 1.48. The second kappa shape index (κ2) is 3.30. The fraction of sp³-hybridized carbons (Fsp3) is 0.500. The monoisotopic (exact) mass is 205 g/mol. The Balaban J connectivity index is 1.98. The van der Waals surface area contributed by atoms with E-state index < -0.39 is 0 Å². The summed E-state index contributed by atoms with van der Waals surface area (Å²) in [4.78, 5) is 11.1. The average molecular weight is 205 g/mol. The summed E-state index contributed by atoms with van der Waals surface area (Å²) in [6.45, 7) is 2.88. The first-order valence-electron chi connectivity index (χ1n) is 5.37. The van der Waals surface area contributed by atoms with E-state index in [0.29, 0.717) is 5.92 Å². The molecule has 0 unspecified atom stereocenters. The number of nitrogens with zero attached hydrogens (tertiary/aromatic N) is 1. The molecule has 1 aliphatic heterocycles. The molecule has 0 amide bonds. The van der Waals surface area contributed by atoms with Gasteiger partial charge in [0.15, 0.2) is 0 Å². The van der Waals surface area contributed by atoms with Crippen LogP contribution in [0.25, 0.3) is 0 Å². The van der Waals surface area contributed by atoms with Crippen LogP contribution in [0.5, 0.6) is 0 Å². The van der Waals surface area contributed by atoms with Crippen molar-refractivity contribution in [3.8, 4) is 0 Å². The Kier molecular flexibility index (Phi) is 2.06. The van der Waals surface area contributed by atoms with Crippen molar-refractivity contribution >= 4 is 0 Å². The van der Waals surface area contributed by atoms with Crippen molar-refractivity contribution in [3.05, 3.63) is 34.9 Å². The molecule has 0 N–H and O–H groups in total. The predicted octanol–water partition coefficient (Wildman–Crippen LogP) is 2.02. The van der Waals surface area contributed by atoms with Gasteiger partial charge in [-0.2, -0.15) is 0 Å². The van der Waals surface area contributed by atoms with Crippen LogP contribution in [0.3, 0.4) is 0 Å². The van der Waals surface area contributed by atoms with Gasteiger partial charge in [0, 0.05) is 13.0 Å². The zero-order valence-electron chi connectivity index (χ0n) is 9.06. The molecule has 0 aromatic heterocycles. The smallest absolute Gasteiger partial charge is 0.113 e. The van der Waals surface area contributed by atoms with Gasteiger partial charge < -0.3 is 0 Å². The van der Waals surface area contributed by atoms with Gasteiger partial charge >= 0.3 is 0 Å². The standard InChI is InChI=1S/C12H15NO2/c1-8-3-4-9-6-10-7-14-13(2)15-12(10)11(9)5-8/h3-5,10,12H,6-7H2,1-2H3/t10-,12+/m0/s1. The fourth-order valence-electron chi connectivity index (χ4n) is 2.49. The van der Waals surface area contributed by atoms with Crippen LogP contribution in [0.2, 0.25) is 0 Å². The molecular weight excluding hydrogens is 190 g/mol. The second-order valence-corrected chi connectivity index (χ2v) is 4.43. The van der Waals surface area contributed by atoms with E-state index in [1.165, 1.54) is 21.9 Å². The molecule has 1 aromatic rings. The molecule has 3 nitrogen and oxygen atoms in total. The Labute approximate surface area is 89.5 Å². The van der Waals surface area contributed by atoms with Gasteiger partial charge in [0.1, 0.15) is 6.10 Å². The third kappa shape index (κ3) is 1.47. The molecule has 2 aliphatic rings. The quantitative estimate of drug-likeness (QED) is 0.646. The first-order valence-corrected chi connectivity index (χ1v) is 5.37. The molecule has 1 fully saturated rings. The summed E-state index contributed by atoms with van der Waals surface area (Å²) in [5.41, 5.74) is 4.05. The van der Waals surface area contributed by atoms with Gasteiger partial charge in [-0.25, -0.2) is 0 Å². The minimum Gasteiger partial charge on any atom is -0.274 e. The lowest BCUT2D eigenvalue weighted by Gasteiger charge is -2.31. The molecule has 0 bridgehead atoms. The summed E-state index contributed by atoms with van der Waals surface area (Å²) >= 11 is 0. The van der Waals surface area contributed by atoms with Gasteiger partial charge in [-0.05, 0) is 24.5 Å². The Hall–Kier alpha value is -0.900. The third-order valence-corrected chi connectivity index (χ3v) is 3.25. The molecule has 3 heteroatoms. The van der Waals surface area contributed by atoms with Crippen molar-refractivity contribution in [2.75, 3.05) is 13.7 Å². The van der Waals surface area contributed by atoms with Crippen LogP contribution in [0, 0.1) is 12.8 Å². The van der Waals surface area contributed by atoms with Crippen LogP contribution in [0.15, 0.2) is 18.2 Å². The number of fused-ring (bicyclic) bond motifs is 3. The molecule has 1 aromatic carbocycles. The average Bonchev–Trinajstić information content (AvgIpc) is 2.56. The lowest BCUT2D eigenvalue weighted by atomic mass is 10.0. The molecule has 1 saturated heterocycles. The van der Waals surface area contributed by atoms with E-state index in [-0.39, 0.29) is 6.10 Å². The van der Waals surface area contributed by atoms with E-state index in [0.717, 1.165) is 13.0 Å². The molecule has 0 saturated carbocycles. The summed E-state index contributed by atoms with van der Waals surface area (Å²) < 4.78 is 0. The van der Waals surface area contributed by atoms with E-state index in [2.05, 4.69) is 25.1 Å². The summed E-state index contributed by atoms with van der Waals surface area (Å²) in [6.07, 6.45) is 1.27. The summed E-state index contributed by atoms with van der Waals surface area (Å²) in [6, 6.07) is 6.62. The van der Waals surface area contributed by atoms with Gasteiger partial charge in [0.25, 0.3) is 0 Å². The fourth-order valence-corrected chi connectivity index (χ4v) is 2.49. The highest BCUT2D eigenvalue weighted by molar-refractivity contribution is 5.38. The molecule has 0 radical (unpaired) electrons. The molecule has 0 spiro atoms. The molecule has 1 aliphatic carbocycles. The Bertz CT molecular complexity index is 391. The highest BCUT2D eigenvalue weighted by Crippen LogP contribution is 2.41. The van der Waals surface area contributed by atoms with Crippen molar-refractivity contribution in [1.82, 2.24) is 5.23 Å². The van der Waals surface area contributed by atoms with Gasteiger partial charge in [-0.3, -0.25) is 9.68 Å². The van der Waals surface area contributed by atoms with Crippen LogP contribution >= 0.6 is 0 Å². The third-order valence-electron chi connectivity index (χ3n) is 3.25. The van der Waals surface area contributed by atoms with Crippen molar-refractivity contribution < 1.29 is 9.68 Å². The normalized spacial score (nSPS) is 30.0. The topological polar surface area (TPSA) is 21.7 Å². The number of hydrogen-bond acceptors (Lipinski definition) is 3. The van der Waals surface area contributed by atoms with Gasteiger partial charge in [-0.15, -0.1) is 0 Å². The van der Waals surface area contributed by atoms with Crippen molar-refractivity contribution in [1.29, 1.82) is 0 Å². The van der Waals surface area contributed by atoms with Crippen molar-refractivity contribution in [2.24, 2.45) is 5.92 Å². The Morgan fingerprint density at radius 3 is 3.13 bits per heavy atom. The maximum atomic E-state index is 5.70. The molecule has 2 atom stereocenters. The van der Waals surface area contributed by atoms with Crippen molar-refractivity contribution in [2.45, 2.75) is 19.4 Å². The van der Waals surface area contributed by atoms with E-state index in [1.807, 2.05) is 7.05 Å². The van der Waals surface area contributed by atoms with Crippen LogP contribution < -0.4 is 0 Å². The lowest BCUT2D eigenvalue weighted by Crippen LogP contribution is -2.34. The largest absolute Gasteiger partial charge is 0.274 e. The summed E-state index contributed by atoms with van der Waals surface area (Å²) in [5.74, 6) is 0.484. The van der Waals surface area contributed by atoms with Crippen LogP contribution in [-0.2, 0) is 16.1 Å². The van der Waals surface area contributed by atoms with E-state index in [1.54, 1.807) is 0 Å². The Morgan fingerprint density at radius 1 is 1.40 bits per heavy atom. The molecule has 80 valence electrons. The first kappa shape index (κ1) is 9.33. The number of aryl methyl sites for hydroxylation is 1. The number of benzene rings is 1. The lowest BCUT2D eigenvalue weighted by molar-refractivity contribution is -0.415. The highest BCUT2D eigenvalue weighted by atomic mass is 17.0. The van der Waals surface area contributed by atoms with Crippen LogP contribution in [0.1, 0.15) is 22.8 Å². The second-order valence-electron chi connectivity index (χ2n) is 4.43. The van der Waals surface area contributed by atoms with E-state index in [4.69, 9.17) is 9.68 Å². The zero-order valence-corrected chi connectivity index (χ0v) is 9.06. The maximum absolute atomic E-state index is 5.70. The molecular formula is C12H15NO2. The number of rotatable bonds is 0.